The molecule has 1 saturated heterocycles. The first-order valence-electron chi connectivity index (χ1n) is 5.63. The van der Waals surface area contributed by atoms with Crippen molar-refractivity contribution in [3.8, 4) is 0 Å². The molecule has 0 aromatic carbocycles. The number of rotatable bonds is 2. The highest BCUT2D eigenvalue weighted by Crippen LogP contribution is 2.29. The summed E-state index contributed by atoms with van der Waals surface area (Å²) in [5.74, 6) is 2.05. The first-order valence-corrected chi connectivity index (χ1v) is 6.00. The smallest absolute Gasteiger partial charge is 0.150 e. The van der Waals surface area contributed by atoms with E-state index in [4.69, 9.17) is 17.3 Å². The average Bonchev–Trinajstić information content (AvgIpc) is 2.31. The summed E-state index contributed by atoms with van der Waals surface area (Å²) < 4.78 is 0. The molecule has 5 heteroatoms. The normalized spacial score (nSPS) is 25.8. The Balaban J connectivity index is 2.14. The molecule has 2 heterocycles. The van der Waals surface area contributed by atoms with Crippen LogP contribution in [0.15, 0.2) is 12.5 Å². The third-order valence-corrected chi connectivity index (χ3v) is 3.63. The van der Waals surface area contributed by atoms with E-state index in [1.807, 2.05) is 0 Å². The highest BCUT2D eigenvalue weighted by Gasteiger charge is 2.26. The minimum Gasteiger partial charge on any atom is -0.355 e. The number of hydrogen-bond acceptors (Lipinski definition) is 4. The van der Waals surface area contributed by atoms with Gasteiger partial charge < -0.3 is 10.6 Å². The molecule has 88 valence electrons. The molecule has 2 unspecified atom stereocenters. The Labute approximate surface area is 101 Å². The Morgan fingerprint density at radius 2 is 2.44 bits per heavy atom. The number of halogens is 1. The molecule has 0 bridgehead atoms. The highest BCUT2D eigenvalue weighted by molar-refractivity contribution is 6.32. The molecule has 0 aliphatic carbocycles. The minimum atomic E-state index is 0.528. The van der Waals surface area contributed by atoms with Gasteiger partial charge in [0.05, 0.1) is 6.20 Å². The van der Waals surface area contributed by atoms with Gasteiger partial charge in [-0.05, 0) is 24.8 Å². The van der Waals surface area contributed by atoms with Gasteiger partial charge in [-0.2, -0.15) is 0 Å². The maximum atomic E-state index is 6.09. The minimum absolute atomic E-state index is 0.528. The third kappa shape index (κ3) is 2.28. The van der Waals surface area contributed by atoms with Crippen LogP contribution in [0.5, 0.6) is 0 Å². The van der Waals surface area contributed by atoms with Crippen LogP contribution >= 0.6 is 11.6 Å². The Kier molecular flexibility index (Phi) is 3.61. The molecular weight excluding hydrogens is 224 g/mol. The van der Waals surface area contributed by atoms with E-state index in [0.717, 1.165) is 31.9 Å². The van der Waals surface area contributed by atoms with Crippen LogP contribution in [-0.4, -0.2) is 29.6 Å². The monoisotopic (exact) mass is 240 g/mol. The molecule has 1 aromatic heterocycles. The molecule has 1 aromatic rings. The van der Waals surface area contributed by atoms with Crippen LogP contribution in [0, 0.1) is 11.8 Å². The van der Waals surface area contributed by atoms with Crippen molar-refractivity contribution in [2.75, 3.05) is 24.5 Å². The van der Waals surface area contributed by atoms with Crippen molar-refractivity contribution < 1.29 is 0 Å². The van der Waals surface area contributed by atoms with Crippen molar-refractivity contribution in [2.24, 2.45) is 17.6 Å². The van der Waals surface area contributed by atoms with Crippen LogP contribution in [-0.2, 0) is 0 Å². The van der Waals surface area contributed by atoms with E-state index < -0.39 is 0 Å². The molecule has 0 spiro atoms. The predicted molar refractivity (Wildman–Crippen MR) is 65.6 cm³/mol. The van der Waals surface area contributed by atoms with Crippen molar-refractivity contribution in [1.82, 2.24) is 9.97 Å². The van der Waals surface area contributed by atoms with Crippen LogP contribution in [0.4, 0.5) is 5.82 Å². The van der Waals surface area contributed by atoms with Gasteiger partial charge in [-0.25, -0.2) is 9.97 Å². The molecule has 1 fully saturated rings. The summed E-state index contributed by atoms with van der Waals surface area (Å²) in [4.78, 5) is 10.3. The molecule has 4 nitrogen and oxygen atoms in total. The summed E-state index contributed by atoms with van der Waals surface area (Å²) in [5, 5.41) is 0.618. The van der Waals surface area contributed by atoms with Gasteiger partial charge in [0.25, 0.3) is 0 Å². The van der Waals surface area contributed by atoms with E-state index in [1.165, 1.54) is 6.33 Å². The topological polar surface area (TPSA) is 55.0 Å². The van der Waals surface area contributed by atoms with Gasteiger partial charge in [-0.3, -0.25) is 0 Å². The maximum Gasteiger partial charge on any atom is 0.150 e. The molecule has 16 heavy (non-hydrogen) atoms. The van der Waals surface area contributed by atoms with E-state index in [9.17, 15) is 0 Å². The molecular formula is C11H17ClN4. The lowest BCUT2D eigenvalue weighted by atomic mass is 9.87. The van der Waals surface area contributed by atoms with Gasteiger partial charge in [-0.15, -0.1) is 0 Å². The van der Waals surface area contributed by atoms with Crippen molar-refractivity contribution in [3.05, 3.63) is 17.5 Å². The second-order valence-corrected chi connectivity index (χ2v) is 4.81. The summed E-state index contributed by atoms with van der Waals surface area (Å²) in [6.07, 6.45) is 4.32. The second kappa shape index (κ2) is 4.97. The molecule has 1 aliphatic heterocycles. The lowest BCUT2D eigenvalue weighted by Crippen LogP contribution is -2.43. The van der Waals surface area contributed by atoms with E-state index in [0.29, 0.717) is 16.9 Å². The number of aromatic nitrogens is 2. The van der Waals surface area contributed by atoms with Gasteiger partial charge in [0.1, 0.15) is 11.3 Å². The highest BCUT2D eigenvalue weighted by atomic mass is 35.5. The number of piperidine rings is 1. The summed E-state index contributed by atoms with van der Waals surface area (Å²) in [5.41, 5.74) is 5.78. The van der Waals surface area contributed by atoms with Crippen LogP contribution < -0.4 is 10.6 Å². The van der Waals surface area contributed by atoms with E-state index in [2.05, 4.69) is 21.8 Å². The molecule has 1 aliphatic rings. The SMILES string of the molecule is CC1CCN(c2ncncc2Cl)CC1CN. The van der Waals surface area contributed by atoms with Gasteiger partial charge in [-0.1, -0.05) is 18.5 Å². The van der Waals surface area contributed by atoms with Crippen LogP contribution in [0.25, 0.3) is 0 Å². The largest absolute Gasteiger partial charge is 0.355 e. The van der Waals surface area contributed by atoms with Crippen LogP contribution in [0.1, 0.15) is 13.3 Å². The molecule has 0 saturated carbocycles. The Morgan fingerprint density at radius 3 is 3.12 bits per heavy atom. The number of anilines is 1. The zero-order chi connectivity index (χ0) is 11.5. The van der Waals surface area contributed by atoms with Crippen LogP contribution in [0.3, 0.4) is 0 Å². The van der Waals surface area contributed by atoms with E-state index in [1.54, 1.807) is 6.20 Å². The summed E-state index contributed by atoms with van der Waals surface area (Å²) >= 11 is 6.09. The first kappa shape index (κ1) is 11.6. The van der Waals surface area contributed by atoms with Gasteiger partial charge >= 0.3 is 0 Å². The van der Waals surface area contributed by atoms with Crippen molar-refractivity contribution in [2.45, 2.75) is 13.3 Å². The number of hydrogen-bond donors (Lipinski definition) is 1. The lowest BCUT2D eigenvalue weighted by molar-refractivity contribution is 0.307. The molecule has 0 amide bonds. The van der Waals surface area contributed by atoms with Gasteiger partial charge in [0.15, 0.2) is 5.82 Å². The number of nitrogens with zero attached hydrogens (tertiary/aromatic N) is 3. The molecule has 0 radical (unpaired) electrons. The third-order valence-electron chi connectivity index (χ3n) is 3.36. The molecule has 2 atom stereocenters. The Hall–Kier alpha value is -0.870. The fraction of sp³-hybridized carbons (Fsp3) is 0.636. The standard InChI is InChI=1S/C11H17ClN4/c1-8-2-3-16(6-9(8)4-13)11-10(12)5-14-7-15-11/h5,7-9H,2-4,6,13H2,1H3. The summed E-state index contributed by atoms with van der Waals surface area (Å²) in [6.45, 7) is 4.92. The predicted octanol–water partition coefficient (Wildman–Crippen LogP) is 1.55. The fourth-order valence-electron chi connectivity index (χ4n) is 2.19. The average molecular weight is 241 g/mol. The zero-order valence-corrected chi connectivity index (χ0v) is 10.2. The van der Waals surface area contributed by atoms with Crippen molar-refractivity contribution in [1.29, 1.82) is 0 Å². The van der Waals surface area contributed by atoms with Crippen molar-refractivity contribution >= 4 is 17.4 Å². The zero-order valence-electron chi connectivity index (χ0n) is 9.43. The Morgan fingerprint density at radius 1 is 1.62 bits per heavy atom. The fourth-order valence-corrected chi connectivity index (χ4v) is 2.41. The van der Waals surface area contributed by atoms with Gasteiger partial charge in [0.2, 0.25) is 0 Å². The lowest BCUT2D eigenvalue weighted by Gasteiger charge is -2.37. The second-order valence-electron chi connectivity index (χ2n) is 4.40. The van der Waals surface area contributed by atoms with E-state index in [-0.39, 0.29) is 0 Å². The maximum absolute atomic E-state index is 6.09. The quantitative estimate of drug-likeness (QED) is 0.852. The van der Waals surface area contributed by atoms with Crippen molar-refractivity contribution in [3.63, 3.8) is 0 Å². The number of nitrogens with two attached hydrogens (primary N) is 1. The first-order chi connectivity index (χ1) is 7.72. The molecule has 2 rings (SSSR count). The summed E-state index contributed by atoms with van der Waals surface area (Å²) in [7, 11) is 0. The van der Waals surface area contributed by atoms with E-state index >= 15 is 0 Å². The Bertz CT molecular complexity index is 358. The van der Waals surface area contributed by atoms with Crippen LogP contribution in [0.2, 0.25) is 5.02 Å². The van der Waals surface area contributed by atoms with Gasteiger partial charge in [0, 0.05) is 13.1 Å². The molecule has 2 N–H and O–H groups in total. The summed E-state index contributed by atoms with van der Waals surface area (Å²) in [6, 6.07) is 0.